The van der Waals surface area contributed by atoms with Gasteiger partial charge in [-0.25, -0.2) is 14.3 Å². The van der Waals surface area contributed by atoms with E-state index in [0.717, 1.165) is 97.1 Å². The summed E-state index contributed by atoms with van der Waals surface area (Å²) in [6.45, 7) is 2.29. The fourth-order valence-corrected chi connectivity index (χ4v) is 8.76. The van der Waals surface area contributed by atoms with Gasteiger partial charge in [0.1, 0.15) is 24.1 Å². The molecule has 2 atom stereocenters. The maximum atomic E-state index is 13.3. The van der Waals surface area contributed by atoms with Crippen molar-refractivity contribution in [3.63, 3.8) is 0 Å². The van der Waals surface area contributed by atoms with E-state index in [1.54, 1.807) is 33.1 Å². The second kappa shape index (κ2) is 14.2. The van der Waals surface area contributed by atoms with Gasteiger partial charge in [0.15, 0.2) is 17.2 Å². The molecule has 3 aliphatic heterocycles. The summed E-state index contributed by atoms with van der Waals surface area (Å²) in [4.78, 5) is 52.8. The first-order valence-electron chi connectivity index (χ1n) is 20.1. The molecule has 16 heteroatoms. The lowest BCUT2D eigenvalue weighted by Crippen LogP contribution is -2.46. The first kappa shape index (κ1) is 36.0. The number of carbonyl (C=O) groups excluding carboxylic acids is 2. The molecule has 1 aliphatic carbocycles. The highest BCUT2D eigenvalue weighted by Gasteiger charge is 2.33. The minimum atomic E-state index is -0.879. The number of amides is 2. The van der Waals surface area contributed by atoms with Crippen LogP contribution >= 0.6 is 0 Å². The summed E-state index contributed by atoms with van der Waals surface area (Å²) in [5.41, 5.74) is 8.15. The number of ether oxygens (including phenoxy) is 1. The van der Waals surface area contributed by atoms with Crippen LogP contribution in [-0.4, -0.2) is 90.7 Å². The highest BCUT2D eigenvalue weighted by atomic mass is 16.5. The van der Waals surface area contributed by atoms with Gasteiger partial charge < -0.3 is 35.6 Å². The largest absolute Gasteiger partial charge is 0.490 e. The molecule has 2 unspecified atom stereocenters. The fourth-order valence-electron chi connectivity index (χ4n) is 8.76. The van der Waals surface area contributed by atoms with Crippen molar-refractivity contribution in [2.45, 2.75) is 69.4 Å². The first-order valence-corrected chi connectivity index (χ1v) is 20.1. The van der Waals surface area contributed by atoms with Gasteiger partial charge in [0, 0.05) is 87.9 Å². The number of benzene rings is 2. The van der Waals surface area contributed by atoms with Crippen molar-refractivity contribution < 1.29 is 19.4 Å². The van der Waals surface area contributed by atoms with Gasteiger partial charge in [0.2, 0.25) is 5.91 Å². The Bertz CT molecular complexity index is 2660. The highest BCUT2D eigenvalue weighted by Crippen LogP contribution is 2.40. The SMILES string of the molecule is CNc1cc(N2CCc3c(-c4cc(OC5CCN(c6ccc7c(c6)n(C)c(=O)n7C6CCC(O)NC6=O)CC5)ccn4)cccc32)nn2c(C(=O)NC3CC3)cnc12. The average Bonchev–Trinajstić information content (AvgIpc) is 3.67. The minimum absolute atomic E-state index is 0.0274. The summed E-state index contributed by atoms with van der Waals surface area (Å²) >= 11 is 0. The van der Waals surface area contributed by atoms with E-state index in [2.05, 4.69) is 42.9 Å². The van der Waals surface area contributed by atoms with E-state index >= 15 is 0 Å². The van der Waals surface area contributed by atoms with Gasteiger partial charge in [-0.3, -0.25) is 23.7 Å². The number of aromatic nitrogens is 6. The molecular formula is C42H45N11O5. The zero-order valence-electron chi connectivity index (χ0n) is 32.4. The smallest absolute Gasteiger partial charge is 0.329 e. The quantitative estimate of drug-likeness (QED) is 0.168. The molecule has 3 fully saturated rings. The molecule has 7 heterocycles. The molecule has 298 valence electrons. The van der Waals surface area contributed by atoms with E-state index in [1.165, 1.54) is 5.56 Å². The number of nitrogens with one attached hydrogen (secondary N) is 3. The van der Waals surface area contributed by atoms with Crippen LogP contribution in [0.2, 0.25) is 0 Å². The van der Waals surface area contributed by atoms with Crippen molar-refractivity contribution >= 4 is 51.4 Å². The van der Waals surface area contributed by atoms with Crippen LogP contribution in [-0.2, 0) is 18.3 Å². The van der Waals surface area contributed by atoms with Crippen LogP contribution in [0, 0.1) is 0 Å². The van der Waals surface area contributed by atoms with Crippen molar-refractivity contribution in [3.8, 4) is 17.0 Å². The number of rotatable bonds is 9. The number of aliphatic hydroxyl groups excluding tert-OH is 1. The Labute approximate surface area is 333 Å². The lowest BCUT2D eigenvalue weighted by Gasteiger charge is -2.34. The molecule has 2 saturated heterocycles. The lowest BCUT2D eigenvalue weighted by molar-refractivity contribution is -0.130. The fraction of sp³-hybridized carbons (Fsp3) is 0.381. The minimum Gasteiger partial charge on any atom is -0.490 e. The third-order valence-corrected chi connectivity index (χ3v) is 12.0. The number of anilines is 4. The van der Waals surface area contributed by atoms with Crippen LogP contribution < -0.4 is 36.2 Å². The van der Waals surface area contributed by atoms with Crippen molar-refractivity contribution in [1.29, 1.82) is 0 Å². The molecule has 10 rings (SSSR count). The van der Waals surface area contributed by atoms with Crippen LogP contribution in [0.5, 0.6) is 5.75 Å². The standard InChI is InChI=1S/C42H45N11O5/c1-43-31-22-37(48-53-36(23-45-39(31)53)41(56)46-24-6-7-24)51-19-15-29-28(4-3-5-32(29)51)30-21-27(12-16-44-30)58-26-13-17-50(18-14-26)25-8-9-33-35(20-25)49(2)42(57)52(33)34-10-11-38(54)47-40(34)55/h3-5,8-9,12,16,20-24,26,34,38,43,54H,6-7,10-11,13-15,17-19H2,1-2H3,(H,46,56)(H,47,55). The Balaban J connectivity index is 0.839. The van der Waals surface area contributed by atoms with Crippen LogP contribution in [0.15, 0.2) is 71.8 Å². The number of aliphatic hydroxyl groups is 1. The molecule has 4 aliphatic rings. The number of aryl methyl sites for hydroxylation is 1. The molecule has 0 spiro atoms. The van der Waals surface area contributed by atoms with Crippen molar-refractivity contribution in [2.75, 3.05) is 41.8 Å². The molecule has 4 aromatic heterocycles. The van der Waals surface area contributed by atoms with Gasteiger partial charge in [-0.1, -0.05) is 12.1 Å². The van der Waals surface area contributed by atoms with Crippen molar-refractivity contribution in [2.24, 2.45) is 7.05 Å². The van der Waals surface area contributed by atoms with Gasteiger partial charge in [-0.15, -0.1) is 5.10 Å². The number of piperidine rings is 2. The van der Waals surface area contributed by atoms with Crippen LogP contribution in [0.3, 0.4) is 0 Å². The highest BCUT2D eigenvalue weighted by molar-refractivity contribution is 5.94. The number of pyridine rings is 1. The van der Waals surface area contributed by atoms with E-state index in [1.807, 2.05) is 49.5 Å². The Kier molecular flexibility index (Phi) is 8.80. The predicted molar refractivity (Wildman–Crippen MR) is 219 cm³/mol. The number of fused-ring (bicyclic) bond motifs is 3. The third kappa shape index (κ3) is 6.27. The summed E-state index contributed by atoms with van der Waals surface area (Å²) in [5, 5.41) is 23.6. The van der Waals surface area contributed by atoms with Crippen LogP contribution in [0.1, 0.15) is 60.6 Å². The maximum absolute atomic E-state index is 13.3. The normalized spacial score (nSPS) is 19.7. The monoisotopic (exact) mass is 783 g/mol. The Hall–Kier alpha value is -6.42. The molecular weight excluding hydrogens is 739 g/mol. The number of hydrogen-bond acceptors (Lipinski definition) is 11. The molecule has 0 bridgehead atoms. The molecule has 4 N–H and O–H groups in total. The van der Waals surface area contributed by atoms with Gasteiger partial charge in [0.05, 0.1) is 28.6 Å². The third-order valence-electron chi connectivity index (χ3n) is 12.0. The Morgan fingerprint density at radius 1 is 0.948 bits per heavy atom. The lowest BCUT2D eigenvalue weighted by atomic mass is 10.0. The predicted octanol–water partition coefficient (Wildman–Crippen LogP) is 3.89. The number of carbonyl (C=O) groups is 2. The number of imidazole rings is 2. The van der Waals surface area contributed by atoms with Gasteiger partial charge >= 0.3 is 5.69 Å². The molecule has 1 saturated carbocycles. The molecule has 6 aromatic rings. The van der Waals surface area contributed by atoms with E-state index in [9.17, 15) is 19.5 Å². The molecule has 2 aromatic carbocycles. The van der Waals surface area contributed by atoms with Gasteiger partial charge in [-0.05, 0) is 68.0 Å². The number of nitrogens with zero attached hydrogens (tertiary/aromatic N) is 8. The molecule has 58 heavy (non-hydrogen) atoms. The summed E-state index contributed by atoms with van der Waals surface area (Å²) < 4.78 is 11.4. The Morgan fingerprint density at radius 2 is 1.79 bits per heavy atom. The summed E-state index contributed by atoms with van der Waals surface area (Å²) in [6, 6.07) is 17.7. The van der Waals surface area contributed by atoms with Gasteiger partial charge in [-0.2, -0.15) is 0 Å². The second-order valence-corrected chi connectivity index (χ2v) is 15.7. The first-order chi connectivity index (χ1) is 28.2. The van der Waals surface area contributed by atoms with Crippen LogP contribution in [0.4, 0.5) is 22.9 Å². The van der Waals surface area contributed by atoms with E-state index in [0.29, 0.717) is 29.7 Å². The maximum Gasteiger partial charge on any atom is 0.329 e. The number of hydrogen-bond donors (Lipinski definition) is 4. The van der Waals surface area contributed by atoms with E-state index in [4.69, 9.17) is 14.8 Å². The summed E-state index contributed by atoms with van der Waals surface area (Å²) in [5.74, 6) is 0.988. The summed E-state index contributed by atoms with van der Waals surface area (Å²) in [6.07, 6.45) is 7.78. The van der Waals surface area contributed by atoms with Crippen molar-refractivity contribution in [3.05, 3.63) is 88.7 Å². The molecule has 16 nitrogen and oxygen atoms in total. The average molecular weight is 784 g/mol. The second-order valence-electron chi connectivity index (χ2n) is 15.7. The van der Waals surface area contributed by atoms with Crippen LogP contribution in [0.25, 0.3) is 27.9 Å². The van der Waals surface area contributed by atoms with Crippen molar-refractivity contribution in [1.82, 2.24) is 39.3 Å². The summed E-state index contributed by atoms with van der Waals surface area (Å²) in [7, 11) is 3.58. The van der Waals surface area contributed by atoms with Gasteiger partial charge in [0.25, 0.3) is 5.91 Å². The molecule has 2 amide bonds. The van der Waals surface area contributed by atoms with E-state index in [-0.39, 0.29) is 29.6 Å². The zero-order valence-corrected chi connectivity index (χ0v) is 32.4. The van der Waals surface area contributed by atoms with E-state index < -0.39 is 12.3 Å². The molecule has 0 radical (unpaired) electrons. The Morgan fingerprint density at radius 3 is 2.59 bits per heavy atom. The topological polar surface area (TPSA) is 176 Å². The zero-order chi connectivity index (χ0) is 39.7.